The van der Waals surface area contributed by atoms with Crippen LogP contribution in [0, 0.1) is 12.8 Å². The quantitative estimate of drug-likeness (QED) is 0.752. The van der Waals surface area contributed by atoms with Crippen molar-refractivity contribution in [3.63, 3.8) is 0 Å². The Morgan fingerprint density at radius 1 is 1.43 bits per heavy atom. The third-order valence-electron chi connectivity index (χ3n) is 3.28. The minimum absolute atomic E-state index is 0.0277. The molecule has 1 rings (SSSR count). The molecular weight excluding hydrogens is 266 g/mol. The van der Waals surface area contributed by atoms with Crippen LogP contribution in [0.4, 0.5) is 5.82 Å². The number of carbonyl (C=O) groups excluding carboxylic acids is 1. The lowest BCUT2D eigenvalue weighted by Gasteiger charge is -2.21. The first-order valence-electron chi connectivity index (χ1n) is 7.57. The molecule has 0 aromatic carbocycles. The number of rotatable bonds is 8. The topological polar surface area (TPSA) is 62.2 Å². The van der Waals surface area contributed by atoms with Gasteiger partial charge in [-0.15, -0.1) is 0 Å². The number of aryl methyl sites for hydroxylation is 2. The van der Waals surface area contributed by atoms with Gasteiger partial charge in [0, 0.05) is 32.7 Å². The van der Waals surface area contributed by atoms with E-state index < -0.39 is 0 Å². The van der Waals surface area contributed by atoms with Crippen molar-refractivity contribution in [2.24, 2.45) is 13.0 Å². The van der Waals surface area contributed by atoms with Crippen molar-refractivity contribution < 1.29 is 4.79 Å². The van der Waals surface area contributed by atoms with Gasteiger partial charge in [-0.25, -0.2) is 0 Å². The Balaban J connectivity index is 2.82. The van der Waals surface area contributed by atoms with Gasteiger partial charge in [-0.05, 0) is 26.3 Å². The molecule has 1 aromatic heterocycles. The Hall–Kier alpha value is -1.56. The van der Waals surface area contributed by atoms with Gasteiger partial charge >= 0.3 is 0 Å². The molecular formula is C15H29N5O. The van der Waals surface area contributed by atoms with Crippen molar-refractivity contribution in [2.75, 3.05) is 31.6 Å². The highest BCUT2D eigenvalue weighted by molar-refractivity contribution is 5.81. The number of anilines is 1. The molecule has 0 unspecified atom stereocenters. The van der Waals surface area contributed by atoms with Gasteiger partial charge < -0.3 is 15.5 Å². The van der Waals surface area contributed by atoms with Crippen LogP contribution in [-0.2, 0) is 18.4 Å². The summed E-state index contributed by atoms with van der Waals surface area (Å²) in [7, 11) is 3.85. The summed E-state index contributed by atoms with van der Waals surface area (Å²) in [5.74, 6) is 1.63. The van der Waals surface area contributed by atoms with Crippen LogP contribution in [0.25, 0.3) is 0 Å². The smallest absolute Gasteiger partial charge is 0.239 e. The van der Waals surface area contributed by atoms with Crippen LogP contribution < -0.4 is 15.5 Å². The Morgan fingerprint density at radius 3 is 2.67 bits per heavy atom. The van der Waals surface area contributed by atoms with Crippen molar-refractivity contribution in [3.8, 4) is 0 Å². The molecule has 1 heterocycles. The SMILES string of the molecule is CCNC(=O)CN(C)c1c(CNCC(C)C)c(C)nn1C. The summed E-state index contributed by atoms with van der Waals surface area (Å²) in [6.07, 6.45) is 0. The fourth-order valence-electron chi connectivity index (χ4n) is 2.40. The van der Waals surface area contributed by atoms with E-state index in [1.54, 1.807) is 0 Å². The highest BCUT2D eigenvalue weighted by Crippen LogP contribution is 2.22. The molecule has 0 aliphatic carbocycles. The molecule has 0 atom stereocenters. The summed E-state index contributed by atoms with van der Waals surface area (Å²) in [6.45, 7) is 11.0. The number of hydrogen-bond acceptors (Lipinski definition) is 4. The van der Waals surface area contributed by atoms with E-state index in [2.05, 4.69) is 29.6 Å². The van der Waals surface area contributed by atoms with Crippen molar-refractivity contribution in [3.05, 3.63) is 11.3 Å². The molecule has 0 saturated heterocycles. The summed E-state index contributed by atoms with van der Waals surface area (Å²) in [5.41, 5.74) is 2.16. The Bertz CT molecular complexity index is 467. The zero-order valence-electron chi connectivity index (χ0n) is 14.2. The second kappa shape index (κ2) is 8.02. The molecule has 6 heteroatoms. The predicted molar refractivity (Wildman–Crippen MR) is 86.4 cm³/mol. The molecule has 6 nitrogen and oxygen atoms in total. The molecule has 1 amide bonds. The Labute approximate surface area is 127 Å². The first-order valence-corrected chi connectivity index (χ1v) is 7.57. The zero-order valence-corrected chi connectivity index (χ0v) is 14.2. The maximum Gasteiger partial charge on any atom is 0.239 e. The summed E-state index contributed by atoms with van der Waals surface area (Å²) in [6, 6.07) is 0. The highest BCUT2D eigenvalue weighted by atomic mass is 16.2. The molecule has 0 bridgehead atoms. The van der Waals surface area contributed by atoms with Gasteiger partial charge in [0.25, 0.3) is 0 Å². The van der Waals surface area contributed by atoms with E-state index in [1.807, 2.05) is 37.5 Å². The molecule has 0 aliphatic rings. The van der Waals surface area contributed by atoms with Crippen molar-refractivity contribution in [1.29, 1.82) is 0 Å². The number of aromatic nitrogens is 2. The average Bonchev–Trinajstić information content (AvgIpc) is 2.64. The number of nitrogens with one attached hydrogen (secondary N) is 2. The van der Waals surface area contributed by atoms with Gasteiger partial charge in [0.1, 0.15) is 5.82 Å². The molecule has 0 radical (unpaired) electrons. The number of hydrogen-bond donors (Lipinski definition) is 2. The van der Waals surface area contributed by atoms with Crippen LogP contribution in [0.5, 0.6) is 0 Å². The van der Waals surface area contributed by atoms with Gasteiger partial charge in [0.05, 0.1) is 12.2 Å². The van der Waals surface area contributed by atoms with E-state index in [4.69, 9.17) is 0 Å². The molecule has 0 spiro atoms. The second-order valence-corrected chi connectivity index (χ2v) is 5.85. The summed E-state index contributed by atoms with van der Waals surface area (Å²) >= 11 is 0. The van der Waals surface area contributed by atoms with Gasteiger partial charge in [-0.3, -0.25) is 9.48 Å². The number of likely N-dealkylation sites (N-methyl/N-ethyl adjacent to an activating group) is 2. The van der Waals surface area contributed by atoms with Crippen molar-refractivity contribution in [2.45, 2.75) is 34.2 Å². The monoisotopic (exact) mass is 295 g/mol. The Morgan fingerprint density at radius 2 is 2.10 bits per heavy atom. The number of nitrogens with zero attached hydrogens (tertiary/aromatic N) is 3. The standard InChI is InChI=1S/C15H29N5O/c1-7-17-14(21)10-19(5)15-13(9-16-8-11(2)3)12(4)18-20(15)6/h11,16H,7-10H2,1-6H3,(H,17,21). The first-order chi connectivity index (χ1) is 9.86. The lowest BCUT2D eigenvalue weighted by molar-refractivity contribution is -0.119. The largest absolute Gasteiger partial charge is 0.355 e. The minimum Gasteiger partial charge on any atom is -0.355 e. The maximum absolute atomic E-state index is 11.8. The molecule has 0 aliphatic heterocycles. The van der Waals surface area contributed by atoms with Gasteiger partial charge in [-0.2, -0.15) is 5.10 Å². The molecule has 1 aromatic rings. The number of amides is 1. The fraction of sp³-hybridized carbons (Fsp3) is 0.733. The summed E-state index contributed by atoms with van der Waals surface area (Å²) in [4.78, 5) is 13.7. The van der Waals surface area contributed by atoms with Crippen LogP contribution in [0.1, 0.15) is 32.0 Å². The van der Waals surface area contributed by atoms with E-state index in [9.17, 15) is 4.79 Å². The highest BCUT2D eigenvalue weighted by Gasteiger charge is 2.18. The minimum atomic E-state index is 0.0277. The van der Waals surface area contributed by atoms with Gasteiger partial charge in [0.2, 0.25) is 5.91 Å². The normalized spacial score (nSPS) is 11.0. The van der Waals surface area contributed by atoms with Crippen LogP contribution in [0.3, 0.4) is 0 Å². The molecule has 0 fully saturated rings. The van der Waals surface area contributed by atoms with Crippen LogP contribution in [0.2, 0.25) is 0 Å². The average molecular weight is 295 g/mol. The molecule has 120 valence electrons. The van der Waals surface area contributed by atoms with Gasteiger partial charge in [-0.1, -0.05) is 13.8 Å². The van der Waals surface area contributed by atoms with Crippen molar-refractivity contribution in [1.82, 2.24) is 20.4 Å². The third-order valence-corrected chi connectivity index (χ3v) is 3.28. The summed E-state index contributed by atoms with van der Waals surface area (Å²) < 4.78 is 1.85. The van der Waals surface area contributed by atoms with Crippen LogP contribution in [-0.4, -0.2) is 42.4 Å². The lowest BCUT2D eigenvalue weighted by Crippen LogP contribution is -2.36. The van der Waals surface area contributed by atoms with E-state index in [-0.39, 0.29) is 5.91 Å². The van der Waals surface area contributed by atoms with Crippen LogP contribution >= 0.6 is 0 Å². The Kier molecular flexibility index (Phi) is 6.68. The third kappa shape index (κ3) is 5.04. The lowest BCUT2D eigenvalue weighted by atomic mass is 10.2. The van der Waals surface area contributed by atoms with E-state index >= 15 is 0 Å². The zero-order chi connectivity index (χ0) is 16.0. The van der Waals surface area contributed by atoms with E-state index in [0.717, 1.165) is 30.2 Å². The van der Waals surface area contributed by atoms with E-state index in [0.29, 0.717) is 19.0 Å². The second-order valence-electron chi connectivity index (χ2n) is 5.85. The molecule has 0 saturated carbocycles. The molecule has 2 N–H and O–H groups in total. The summed E-state index contributed by atoms with van der Waals surface area (Å²) in [5, 5.41) is 10.8. The first kappa shape index (κ1) is 17.5. The predicted octanol–water partition coefficient (Wildman–Crippen LogP) is 1.05. The molecule has 21 heavy (non-hydrogen) atoms. The van der Waals surface area contributed by atoms with Crippen molar-refractivity contribution >= 4 is 11.7 Å². The van der Waals surface area contributed by atoms with Crippen LogP contribution in [0.15, 0.2) is 0 Å². The van der Waals surface area contributed by atoms with E-state index in [1.165, 1.54) is 0 Å². The van der Waals surface area contributed by atoms with Gasteiger partial charge in [0.15, 0.2) is 0 Å². The maximum atomic E-state index is 11.8. The fourth-order valence-corrected chi connectivity index (χ4v) is 2.40. The number of carbonyl (C=O) groups is 1.